The average molecular weight is 454 g/mol. The quantitative estimate of drug-likeness (QED) is 0.549. The number of alkyl halides is 2. The number of aromatic nitrogens is 2. The van der Waals surface area contributed by atoms with Gasteiger partial charge >= 0.3 is 6.61 Å². The van der Waals surface area contributed by atoms with Gasteiger partial charge in [0.2, 0.25) is 0 Å². The second kappa shape index (κ2) is 8.16. The smallest absolute Gasteiger partial charge is 0.387 e. The van der Waals surface area contributed by atoms with Crippen molar-refractivity contribution in [3.8, 4) is 17.6 Å². The van der Waals surface area contributed by atoms with E-state index in [1.807, 2.05) is 23.6 Å². The zero-order valence-electron chi connectivity index (χ0n) is 21.0. The van der Waals surface area contributed by atoms with Crippen LogP contribution in [-0.4, -0.2) is 47.7 Å². The second-order valence-electron chi connectivity index (χ2n) is 8.21. The molecule has 3 aromatic rings. The van der Waals surface area contributed by atoms with E-state index in [4.69, 9.17) is 13.6 Å². The molecule has 1 amide bonds. The van der Waals surface area contributed by atoms with Crippen LogP contribution in [-0.2, 0) is 4.74 Å². The fraction of sp³-hybridized carbons (Fsp3) is 0.360. The standard InChI is InChI=1S/C25H23F2N3O3/c1-14(13-32-3)7-8-15-9-10-17-18(11-15)30-19-12-20(23(30)28-17)29(2)24(31)16-5-4-6-21(22(16)19)33-25(26)27/h4-6,9-11,14,19-20,25H,12-13H2,1-3H3/t14-,19+,20+/m0/s1/i2D3. The molecule has 0 fully saturated rings. The number of halogens is 2. The van der Waals surface area contributed by atoms with Crippen LogP contribution in [0.4, 0.5) is 8.78 Å². The van der Waals surface area contributed by atoms with Crippen LogP contribution in [0.3, 0.4) is 0 Å². The van der Waals surface area contributed by atoms with Gasteiger partial charge in [0.15, 0.2) is 0 Å². The summed E-state index contributed by atoms with van der Waals surface area (Å²) in [6, 6.07) is 8.15. The van der Waals surface area contributed by atoms with Crippen LogP contribution < -0.4 is 4.74 Å². The SMILES string of the molecule is [2H]C([2H])([2H])N1C(=O)c2cccc(OC(F)F)c2[C@H]2C[C@@H]1c1nc3ccc(C#C[C@H](C)COC)cc3n12. The molecule has 2 aromatic carbocycles. The fourth-order valence-corrected chi connectivity index (χ4v) is 4.68. The number of benzene rings is 2. The van der Waals surface area contributed by atoms with E-state index in [0.717, 1.165) is 4.90 Å². The van der Waals surface area contributed by atoms with Crippen molar-refractivity contribution in [2.45, 2.75) is 32.0 Å². The molecule has 2 aliphatic rings. The third-order valence-corrected chi connectivity index (χ3v) is 6.03. The predicted octanol–water partition coefficient (Wildman–Crippen LogP) is 4.39. The summed E-state index contributed by atoms with van der Waals surface area (Å²) >= 11 is 0. The van der Waals surface area contributed by atoms with Gasteiger partial charge in [-0.25, -0.2) is 4.98 Å². The number of ether oxygens (including phenoxy) is 2. The minimum Gasteiger partial charge on any atom is -0.434 e. The van der Waals surface area contributed by atoms with Crippen LogP contribution in [0.5, 0.6) is 5.75 Å². The Hall–Kier alpha value is -3.44. The van der Waals surface area contributed by atoms with Crippen molar-refractivity contribution in [1.82, 2.24) is 14.5 Å². The summed E-state index contributed by atoms with van der Waals surface area (Å²) in [6.07, 6.45) is 0.166. The number of carbonyl (C=O) groups is 1. The third-order valence-electron chi connectivity index (χ3n) is 6.03. The lowest BCUT2D eigenvalue weighted by Crippen LogP contribution is -2.30. The van der Waals surface area contributed by atoms with E-state index in [9.17, 15) is 13.6 Å². The van der Waals surface area contributed by atoms with Crippen molar-refractivity contribution < 1.29 is 27.2 Å². The zero-order chi connectivity index (χ0) is 25.8. The van der Waals surface area contributed by atoms with Crippen molar-refractivity contribution in [3.05, 3.63) is 58.9 Å². The number of hydrogen-bond donors (Lipinski definition) is 0. The molecule has 3 atom stereocenters. The first-order valence-electron chi connectivity index (χ1n) is 12.0. The Bertz CT molecular complexity index is 1410. The van der Waals surface area contributed by atoms with E-state index in [1.54, 1.807) is 13.2 Å². The molecule has 0 saturated carbocycles. The van der Waals surface area contributed by atoms with Crippen molar-refractivity contribution in [2.75, 3.05) is 20.7 Å². The van der Waals surface area contributed by atoms with E-state index in [1.165, 1.54) is 18.2 Å². The molecule has 0 N–H and O–H groups in total. The summed E-state index contributed by atoms with van der Waals surface area (Å²) in [4.78, 5) is 18.9. The topological polar surface area (TPSA) is 56.6 Å². The number of methoxy groups -OCH3 is 1. The molecule has 33 heavy (non-hydrogen) atoms. The number of carbonyl (C=O) groups excluding carboxylic acids is 1. The van der Waals surface area contributed by atoms with Gasteiger partial charge in [0.25, 0.3) is 5.91 Å². The van der Waals surface area contributed by atoms with Gasteiger partial charge in [-0.2, -0.15) is 8.78 Å². The molecule has 0 saturated heterocycles. The molecule has 170 valence electrons. The van der Waals surface area contributed by atoms with E-state index >= 15 is 0 Å². The molecule has 0 radical (unpaired) electrons. The summed E-state index contributed by atoms with van der Waals surface area (Å²) in [6.45, 7) is -3.45. The van der Waals surface area contributed by atoms with E-state index in [2.05, 4.69) is 16.8 Å². The molecule has 3 heterocycles. The number of fused-ring (bicyclic) bond motifs is 9. The molecular formula is C25H23F2N3O3. The maximum atomic E-state index is 13.4. The average Bonchev–Trinajstić information content (AvgIpc) is 3.29. The number of imidazole rings is 1. The molecule has 0 aliphatic carbocycles. The summed E-state index contributed by atoms with van der Waals surface area (Å²) in [5, 5.41) is 0. The number of amides is 1. The normalized spacial score (nSPS) is 21.4. The van der Waals surface area contributed by atoms with E-state index in [0.29, 0.717) is 29.0 Å². The minimum absolute atomic E-state index is 0.0179. The Morgan fingerprint density at radius 2 is 2.15 bits per heavy atom. The van der Waals surface area contributed by atoms with Gasteiger partial charge in [-0.3, -0.25) is 4.79 Å². The number of hydrogen-bond acceptors (Lipinski definition) is 4. The monoisotopic (exact) mass is 454 g/mol. The van der Waals surface area contributed by atoms with Crippen molar-refractivity contribution in [3.63, 3.8) is 0 Å². The second-order valence-corrected chi connectivity index (χ2v) is 8.21. The molecule has 0 unspecified atom stereocenters. The molecule has 0 spiro atoms. The first kappa shape index (κ1) is 18.0. The van der Waals surface area contributed by atoms with Crippen LogP contribution >= 0.6 is 0 Å². The molecule has 6 nitrogen and oxygen atoms in total. The van der Waals surface area contributed by atoms with Crippen LogP contribution in [0.25, 0.3) is 11.0 Å². The Morgan fingerprint density at radius 3 is 2.91 bits per heavy atom. The lowest BCUT2D eigenvalue weighted by atomic mass is 9.97. The molecular weight excluding hydrogens is 428 g/mol. The van der Waals surface area contributed by atoms with Crippen LogP contribution in [0.2, 0.25) is 0 Å². The number of rotatable bonds is 4. The highest BCUT2D eigenvalue weighted by Gasteiger charge is 2.44. The highest BCUT2D eigenvalue weighted by atomic mass is 19.3. The molecule has 1 aromatic heterocycles. The fourth-order valence-electron chi connectivity index (χ4n) is 4.68. The summed E-state index contributed by atoms with van der Waals surface area (Å²) in [7, 11) is 1.61. The van der Waals surface area contributed by atoms with Gasteiger partial charge < -0.3 is 18.9 Å². The zero-order valence-corrected chi connectivity index (χ0v) is 18.0. The summed E-state index contributed by atoms with van der Waals surface area (Å²) < 4.78 is 62.6. The van der Waals surface area contributed by atoms with Gasteiger partial charge in [-0.1, -0.05) is 17.9 Å². The van der Waals surface area contributed by atoms with E-state index in [-0.39, 0.29) is 29.2 Å². The molecule has 8 heteroatoms. The summed E-state index contributed by atoms with van der Waals surface area (Å²) in [5.74, 6) is 5.72. The Morgan fingerprint density at radius 1 is 1.30 bits per heavy atom. The Kier molecular flexibility index (Phi) is 4.46. The molecule has 5 rings (SSSR count). The molecule has 2 bridgehead atoms. The summed E-state index contributed by atoms with van der Waals surface area (Å²) in [5.41, 5.74) is 2.22. The third kappa shape index (κ3) is 3.53. The Labute approximate surface area is 194 Å². The first-order chi connectivity index (χ1) is 17.1. The largest absolute Gasteiger partial charge is 0.434 e. The van der Waals surface area contributed by atoms with E-state index < -0.39 is 31.6 Å². The van der Waals surface area contributed by atoms with Gasteiger partial charge in [0.05, 0.1) is 29.7 Å². The highest BCUT2D eigenvalue weighted by Crippen LogP contribution is 2.49. The molecule has 2 aliphatic heterocycles. The highest BCUT2D eigenvalue weighted by molar-refractivity contribution is 5.97. The van der Waals surface area contributed by atoms with Crippen molar-refractivity contribution in [1.29, 1.82) is 0 Å². The van der Waals surface area contributed by atoms with Gasteiger partial charge in [0, 0.05) is 47.2 Å². The lowest BCUT2D eigenvalue weighted by Gasteiger charge is -2.24. The van der Waals surface area contributed by atoms with Crippen molar-refractivity contribution >= 4 is 16.9 Å². The van der Waals surface area contributed by atoms with Gasteiger partial charge in [-0.05, 0) is 37.3 Å². The van der Waals surface area contributed by atoms with Crippen LogP contribution in [0, 0.1) is 17.8 Å². The van der Waals surface area contributed by atoms with Gasteiger partial charge in [0.1, 0.15) is 11.6 Å². The van der Waals surface area contributed by atoms with Crippen LogP contribution in [0.1, 0.15) is 56.8 Å². The van der Waals surface area contributed by atoms with Crippen LogP contribution in [0.15, 0.2) is 36.4 Å². The Balaban J connectivity index is 1.73. The van der Waals surface area contributed by atoms with Crippen molar-refractivity contribution in [2.24, 2.45) is 5.92 Å². The maximum absolute atomic E-state index is 13.4. The minimum atomic E-state index is -3.11. The lowest BCUT2D eigenvalue weighted by molar-refractivity contribution is -0.0507. The van der Waals surface area contributed by atoms with Gasteiger partial charge in [-0.15, -0.1) is 0 Å². The maximum Gasteiger partial charge on any atom is 0.387 e. The number of nitrogens with zero attached hydrogens (tertiary/aromatic N) is 3. The first-order valence-corrected chi connectivity index (χ1v) is 10.5. The predicted molar refractivity (Wildman–Crippen MR) is 118 cm³/mol.